The highest BCUT2D eigenvalue weighted by Crippen LogP contribution is 2.52. The van der Waals surface area contributed by atoms with Crippen LogP contribution in [0.15, 0.2) is 42.5 Å². The van der Waals surface area contributed by atoms with Gasteiger partial charge in [0.1, 0.15) is 13.2 Å². The number of hydrogen-bond donors (Lipinski definition) is 0. The summed E-state index contributed by atoms with van der Waals surface area (Å²) in [6.07, 6.45) is 5.01. The molecule has 0 bridgehead atoms. The minimum atomic E-state index is -0.0450. The number of fused-ring (bicyclic) bond motifs is 3. The summed E-state index contributed by atoms with van der Waals surface area (Å²) in [6.45, 7) is 3.94. The Morgan fingerprint density at radius 2 is 1.68 bits per heavy atom. The molecule has 0 saturated heterocycles. The lowest BCUT2D eigenvalue weighted by Gasteiger charge is -2.46. The van der Waals surface area contributed by atoms with Crippen molar-refractivity contribution < 1.29 is 19.1 Å². The molecule has 2 aromatic rings. The van der Waals surface area contributed by atoms with E-state index in [2.05, 4.69) is 19.1 Å². The fourth-order valence-electron chi connectivity index (χ4n) is 5.54. The first-order chi connectivity index (χ1) is 15.1. The van der Waals surface area contributed by atoms with Crippen LogP contribution in [0.1, 0.15) is 73.0 Å². The topological polar surface area (TPSA) is 55.8 Å². The maximum Gasteiger partial charge on any atom is 0.223 e. The Balaban J connectivity index is 1.40. The van der Waals surface area contributed by atoms with Gasteiger partial charge in [-0.3, -0.25) is 9.59 Å². The third-order valence-corrected chi connectivity index (χ3v) is 7.22. The second kappa shape index (κ2) is 8.03. The monoisotopic (exact) mass is 419 g/mol. The molecule has 2 aliphatic heterocycles. The molecule has 5 nitrogen and oxygen atoms in total. The number of benzene rings is 2. The molecule has 0 radical (unpaired) electrons. The van der Waals surface area contributed by atoms with Gasteiger partial charge >= 0.3 is 0 Å². The molecule has 1 atom stereocenters. The Hall–Kier alpha value is -2.82. The van der Waals surface area contributed by atoms with Crippen LogP contribution in [-0.4, -0.2) is 36.3 Å². The molecule has 1 fully saturated rings. The number of rotatable bonds is 4. The highest BCUT2D eigenvalue weighted by Gasteiger charge is 2.46. The summed E-state index contributed by atoms with van der Waals surface area (Å²) in [5.74, 6) is 1.69. The average molecular weight is 420 g/mol. The molecular formula is C26H29NO4. The number of Topliss-reactive ketones (excluding diaryl/α,β-unsaturated/α-hetero) is 1. The number of carbonyl (C=O) groups excluding carboxylic acids is 2. The maximum atomic E-state index is 13.3. The van der Waals surface area contributed by atoms with Crippen LogP contribution in [-0.2, 0) is 10.2 Å². The van der Waals surface area contributed by atoms with Crippen LogP contribution in [0, 0.1) is 0 Å². The molecule has 1 unspecified atom stereocenters. The second-order valence-electron chi connectivity index (χ2n) is 9.06. The van der Waals surface area contributed by atoms with Gasteiger partial charge in [-0.1, -0.05) is 43.2 Å². The van der Waals surface area contributed by atoms with Crippen LogP contribution >= 0.6 is 0 Å². The van der Waals surface area contributed by atoms with Crippen LogP contribution in [0.4, 0.5) is 0 Å². The van der Waals surface area contributed by atoms with Crippen molar-refractivity contribution in [2.24, 2.45) is 0 Å². The number of amides is 1. The summed E-state index contributed by atoms with van der Waals surface area (Å²) in [4.78, 5) is 27.8. The summed E-state index contributed by atoms with van der Waals surface area (Å²) in [6, 6.07) is 13.4. The van der Waals surface area contributed by atoms with E-state index in [9.17, 15) is 9.59 Å². The number of ketones is 1. The van der Waals surface area contributed by atoms with Crippen molar-refractivity contribution in [1.29, 1.82) is 0 Å². The van der Waals surface area contributed by atoms with E-state index in [0.29, 0.717) is 18.8 Å². The standard InChI is InChI=1S/C26H29NO4/c1-18-20-15-23-24(31-14-13-30-23)16-21(20)26(11-5-6-12-26)17-27(18)25(29)10-9-22(28)19-7-3-2-4-8-19/h2-4,7-8,15-16,18H,5-6,9-14,17H2,1H3. The lowest BCUT2D eigenvalue weighted by Crippen LogP contribution is -2.48. The van der Waals surface area contributed by atoms with E-state index in [0.717, 1.165) is 30.9 Å². The smallest absolute Gasteiger partial charge is 0.223 e. The van der Waals surface area contributed by atoms with E-state index >= 15 is 0 Å². The second-order valence-corrected chi connectivity index (χ2v) is 9.06. The number of ether oxygens (including phenoxy) is 2. The molecule has 3 aliphatic rings. The minimum Gasteiger partial charge on any atom is -0.486 e. The summed E-state index contributed by atoms with van der Waals surface area (Å²) < 4.78 is 11.7. The van der Waals surface area contributed by atoms with Crippen molar-refractivity contribution in [2.45, 2.75) is 56.9 Å². The summed E-state index contributed by atoms with van der Waals surface area (Å²) in [5.41, 5.74) is 3.14. The predicted molar refractivity (Wildman–Crippen MR) is 118 cm³/mol. The van der Waals surface area contributed by atoms with E-state index in [1.165, 1.54) is 24.0 Å². The van der Waals surface area contributed by atoms with Crippen molar-refractivity contribution in [3.8, 4) is 11.5 Å². The molecule has 5 heteroatoms. The van der Waals surface area contributed by atoms with Gasteiger partial charge in [-0.15, -0.1) is 0 Å². The van der Waals surface area contributed by atoms with Gasteiger partial charge in [0.15, 0.2) is 17.3 Å². The quantitative estimate of drug-likeness (QED) is 0.666. The van der Waals surface area contributed by atoms with Crippen molar-refractivity contribution in [3.05, 3.63) is 59.2 Å². The van der Waals surface area contributed by atoms with Crippen molar-refractivity contribution in [1.82, 2.24) is 4.90 Å². The lowest BCUT2D eigenvalue weighted by molar-refractivity contribution is -0.135. The van der Waals surface area contributed by atoms with Gasteiger partial charge in [-0.2, -0.15) is 0 Å². The Morgan fingerprint density at radius 1 is 1.00 bits per heavy atom. The van der Waals surface area contributed by atoms with E-state index in [-0.39, 0.29) is 36.0 Å². The molecule has 0 aromatic heterocycles. The first kappa shape index (κ1) is 20.1. The van der Waals surface area contributed by atoms with Crippen LogP contribution in [0.25, 0.3) is 0 Å². The Morgan fingerprint density at radius 3 is 2.39 bits per heavy atom. The zero-order chi connectivity index (χ0) is 21.4. The molecule has 1 saturated carbocycles. The predicted octanol–water partition coefficient (Wildman–Crippen LogP) is 4.84. The van der Waals surface area contributed by atoms with Gasteiger partial charge in [-0.05, 0) is 43.0 Å². The fraction of sp³-hybridized carbons (Fsp3) is 0.462. The lowest BCUT2D eigenvalue weighted by atomic mass is 9.71. The maximum absolute atomic E-state index is 13.3. The van der Waals surface area contributed by atoms with Crippen LogP contribution in [0.5, 0.6) is 11.5 Å². The molecular weight excluding hydrogens is 390 g/mol. The van der Waals surface area contributed by atoms with Gasteiger partial charge in [0.2, 0.25) is 5.91 Å². The number of carbonyl (C=O) groups is 2. The molecule has 0 N–H and O–H groups in total. The molecule has 1 spiro atoms. The Labute approximate surface area is 183 Å². The molecule has 1 amide bonds. The fourth-order valence-corrected chi connectivity index (χ4v) is 5.54. The van der Waals surface area contributed by atoms with E-state index in [4.69, 9.17) is 9.47 Å². The zero-order valence-electron chi connectivity index (χ0n) is 18.1. The Bertz CT molecular complexity index is 994. The number of hydrogen-bond acceptors (Lipinski definition) is 4. The van der Waals surface area contributed by atoms with Crippen LogP contribution < -0.4 is 9.47 Å². The van der Waals surface area contributed by atoms with Gasteiger partial charge in [0.25, 0.3) is 0 Å². The van der Waals surface area contributed by atoms with Crippen molar-refractivity contribution in [2.75, 3.05) is 19.8 Å². The molecule has 5 rings (SSSR count). The van der Waals surface area contributed by atoms with E-state index in [1.54, 1.807) is 0 Å². The van der Waals surface area contributed by atoms with Crippen molar-refractivity contribution in [3.63, 3.8) is 0 Å². The van der Waals surface area contributed by atoms with E-state index < -0.39 is 0 Å². The highest BCUT2D eigenvalue weighted by molar-refractivity contribution is 5.98. The summed E-state index contributed by atoms with van der Waals surface area (Å²) >= 11 is 0. The first-order valence-electron chi connectivity index (χ1n) is 11.4. The molecule has 162 valence electrons. The average Bonchev–Trinajstić information content (AvgIpc) is 3.28. The number of nitrogens with zero attached hydrogens (tertiary/aromatic N) is 1. The normalized spacial score (nSPS) is 21.1. The van der Waals surface area contributed by atoms with Crippen LogP contribution in [0.3, 0.4) is 0 Å². The third kappa shape index (κ3) is 3.60. The van der Waals surface area contributed by atoms with Gasteiger partial charge in [0, 0.05) is 30.4 Å². The van der Waals surface area contributed by atoms with E-state index in [1.807, 2.05) is 35.2 Å². The molecule has 31 heavy (non-hydrogen) atoms. The highest BCUT2D eigenvalue weighted by atomic mass is 16.6. The van der Waals surface area contributed by atoms with Crippen LogP contribution in [0.2, 0.25) is 0 Å². The summed E-state index contributed by atoms with van der Waals surface area (Å²) in [5, 5.41) is 0. The SMILES string of the molecule is CC1c2cc3c(cc2C2(CCCC2)CN1C(=O)CCC(=O)c1ccccc1)OCCO3. The first-order valence-corrected chi connectivity index (χ1v) is 11.4. The molecule has 2 heterocycles. The molecule has 1 aliphatic carbocycles. The zero-order valence-corrected chi connectivity index (χ0v) is 18.1. The molecule has 2 aromatic carbocycles. The summed E-state index contributed by atoms with van der Waals surface area (Å²) in [7, 11) is 0. The van der Waals surface area contributed by atoms with Gasteiger partial charge in [-0.25, -0.2) is 0 Å². The Kier molecular flexibility index (Phi) is 5.20. The van der Waals surface area contributed by atoms with Crippen molar-refractivity contribution >= 4 is 11.7 Å². The van der Waals surface area contributed by atoms with Gasteiger partial charge in [0.05, 0.1) is 6.04 Å². The third-order valence-electron chi connectivity index (χ3n) is 7.22. The largest absolute Gasteiger partial charge is 0.486 e. The van der Waals surface area contributed by atoms with Gasteiger partial charge < -0.3 is 14.4 Å². The minimum absolute atomic E-state index is 0.0171.